The van der Waals surface area contributed by atoms with Gasteiger partial charge in [0.15, 0.2) is 0 Å². The summed E-state index contributed by atoms with van der Waals surface area (Å²) in [6.07, 6.45) is 5.20. The largest absolute Gasteiger partial charge is 0.264 e. The normalized spacial score (nSPS) is 10.1. The van der Waals surface area contributed by atoms with E-state index in [1.807, 2.05) is 25.1 Å². The van der Waals surface area contributed by atoms with Gasteiger partial charge in [0.1, 0.15) is 0 Å². The molecule has 14 heavy (non-hydrogen) atoms. The number of nitrogens with zero attached hydrogens (tertiary/aromatic N) is 2. The van der Waals surface area contributed by atoms with Crippen molar-refractivity contribution in [3.63, 3.8) is 0 Å². The van der Waals surface area contributed by atoms with Crippen LogP contribution in [0.2, 0.25) is 5.02 Å². The fourth-order valence-corrected chi connectivity index (χ4v) is 1.48. The van der Waals surface area contributed by atoms with Gasteiger partial charge >= 0.3 is 0 Å². The molecule has 0 aromatic carbocycles. The van der Waals surface area contributed by atoms with Crippen LogP contribution in [0.3, 0.4) is 0 Å². The van der Waals surface area contributed by atoms with Crippen molar-refractivity contribution in [2.45, 2.75) is 6.92 Å². The van der Waals surface area contributed by atoms with Gasteiger partial charge in [0.25, 0.3) is 0 Å². The molecule has 0 N–H and O–H groups in total. The van der Waals surface area contributed by atoms with Crippen molar-refractivity contribution in [3.8, 4) is 11.1 Å². The average Bonchev–Trinajstić information content (AvgIpc) is 2.23. The number of hydrogen-bond acceptors (Lipinski definition) is 2. The van der Waals surface area contributed by atoms with E-state index in [0.29, 0.717) is 5.02 Å². The molecule has 2 aromatic heterocycles. The van der Waals surface area contributed by atoms with Crippen molar-refractivity contribution >= 4 is 11.6 Å². The summed E-state index contributed by atoms with van der Waals surface area (Å²) in [7, 11) is 0. The van der Waals surface area contributed by atoms with Crippen LogP contribution in [0.25, 0.3) is 11.1 Å². The zero-order valence-corrected chi connectivity index (χ0v) is 8.49. The minimum absolute atomic E-state index is 0.648. The van der Waals surface area contributed by atoms with Crippen LogP contribution in [-0.4, -0.2) is 9.97 Å². The standard InChI is InChI=1S/C11H9ClN2/c1-8-11(5-10(12)7-14-8)9-3-2-4-13-6-9/h2-7H,1H3. The molecule has 0 atom stereocenters. The summed E-state index contributed by atoms with van der Waals surface area (Å²) in [5.41, 5.74) is 3.04. The smallest absolute Gasteiger partial charge is 0.0595 e. The topological polar surface area (TPSA) is 25.8 Å². The molecular weight excluding hydrogens is 196 g/mol. The highest BCUT2D eigenvalue weighted by atomic mass is 35.5. The Labute approximate surface area is 87.6 Å². The Morgan fingerprint density at radius 1 is 1.29 bits per heavy atom. The highest BCUT2D eigenvalue weighted by Gasteiger charge is 2.03. The first-order valence-electron chi connectivity index (χ1n) is 4.30. The molecule has 3 heteroatoms. The Bertz CT molecular complexity index is 440. The first-order valence-corrected chi connectivity index (χ1v) is 4.68. The second-order valence-corrected chi connectivity index (χ2v) is 3.46. The maximum atomic E-state index is 5.88. The number of pyridine rings is 2. The maximum absolute atomic E-state index is 5.88. The Hall–Kier alpha value is -1.41. The number of rotatable bonds is 1. The van der Waals surface area contributed by atoms with Crippen molar-refractivity contribution in [3.05, 3.63) is 47.5 Å². The van der Waals surface area contributed by atoms with E-state index < -0.39 is 0 Å². The van der Waals surface area contributed by atoms with Gasteiger partial charge in [0.2, 0.25) is 0 Å². The molecular formula is C11H9ClN2. The lowest BCUT2D eigenvalue weighted by molar-refractivity contribution is 1.20. The Kier molecular flexibility index (Phi) is 2.46. The lowest BCUT2D eigenvalue weighted by Crippen LogP contribution is -1.87. The highest BCUT2D eigenvalue weighted by molar-refractivity contribution is 6.30. The van der Waals surface area contributed by atoms with Crippen LogP contribution in [0, 0.1) is 6.92 Å². The van der Waals surface area contributed by atoms with Gasteiger partial charge < -0.3 is 0 Å². The van der Waals surface area contributed by atoms with E-state index in [0.717, 1.165) is 16.8 Å². The zero-order chi connectivity index (χ0) is 9.97. The third-order valence-electron chi connectivity index (χ3n) is 2.03. The maximum Gasteiger partial charge on any atom is 0.0595 e. The molecule has 0 aliphatic carbocycles. The molecule has 2 rings (SSSR count). The van der Waals surface area contributed by atoms with E-state index in [2.05, 4.69) is 9.97 Å². The lowest BCUT2D eigenvalue weighted by atomic mass is 10.1. The summed E-state index contributed by atoms with van der Waals surface area (Å²) in [5, 5.41) is 0.648. The predicted octanol–water partition coefficient (Wildman–Crippen LogP) is 3.11. The van der Waals surface area contributed by atoms with Crippen molar-refractivity contribution in [2.75, 3.05) is 0 Å². The fourth-order valence-electron chi connectivity index (χ4n) is 1.32. The van der Waals surface area contributed by atoms with Crippen LogP contribution in [0.5, 0.6) is 0 Å². The third kappa shape index (κ3) is 1.75. The second kappa shape index (κ2) is 3.76. The predicted molar refractivity (Wildman–Crippen MR) is 57.2 cm³/mol. The third-order valence-corrected chi connectivity index (χ3v) is 2.23. The van der Waals surface area contributed by atoms with Gasteiger partial charge in [-0.05, 0) is 19.1 Å². The molecule has 0 fully saturated rings. The average molecular weight is 205 g/mol. The van der Waals surface area contributed by atoms with Crippen molar-refractivity contribution in [2.24, 2.45) is 0 Å². The quantitative estimate of drug-likeness (QED) is 0.714. The van der Waals surface area contributed by atoms with Gasteiger partial charge in [0, 0.05) is 35.4 Å². The van der Waals surface area contributed by atoms with E-state index in [4.69, 9.17) is 11.6 Å². The molecule has 0 amide bonds. The van der Waals surface area contributed by atoms with Crippen LogP contribution in [0.15, 0.2) is 36.8 Å². The second-order valence-electron chi connectivity index (χ2n) is 3.03. The van der Waals surface area contributed by atoms with E-state index >= 15 is 0 Å². The fraction of sp³-hybridized carbons (Fsp3) is 0.0909. The van der Waals surface area contributed by atoms with Crippen LogP contribution in [-0.2, 0) is 0 Å². The van der Waals surface area contributed by atoms with Gasteiger partial charge in [-0.2, -0.15) is 0 Å². The summed E-state index contributed by atoms with van der Waals surface area (Å²) in [4.78, 5) is 8.26. The summed E-state index contributed by atoms with van der Waals surface area (Å²) in [5.74, 6) is 0. The monoisotopic (exact) mass is 204 g/mol. The molecule has 2 heterocycles. The molecule has 0 radical (unpaired) electrons. The first kappa shape index (κ1) is 9.16. The number of hydrogen-bond donors (Lipinski definition) is 0. The van der Waals surface area contributed by atoms with Gasteiger partial charge in [-0.15, -0.1) is 0 Å². The molecule has 0 aliphatic rings. The minimum Gasteiger partial charge on any atom is -0.264 e. The number of halogens is 1. The summed E-state index contributed by atoms with van der Waals surface area (Å²) < 4.78 is 0. The van der Waals surface area contributed by atoms with Crippen molar-refractivity contribution in [1.29, 1.82) is 0 Å². The molecule has 0 bridgehead atoms. The molecule has 0 spiro atoms. The van der Waals surface area contributed by atoms with Crippen LogP contribution in [0.4, 0.5) is 0 Å². The van der Waals surface area contributed by atoms with Crippen LogP contribution >= 0.6 is 11.6 Å². The van der Waals surface area contributed by atoms with Gasteiger partial charge in [-0.1, -0.05) is 17.7 Å². The molecule has 0 saturated heterocycles. The minimum atomic E-state index is 0.648. The first-order chi connectivity index (χ1) is 6.77. The Balaban J connectivity index is 2.57. The molecule has 2 aromatic rings. The molecule has 70 valence electrons. The SMILES string of the molecule is Cc1ncc(Cl)cc1-c1cccnc1. The summed E-state index contributed by atoms with van der Waals surface area (Å²) >= 11 is 5.88. The lowest BCUT2D eigenvalue weighted by Gasteiger charge is -2.04. The van der Waals surface area contributed by atoms with E-state index in [-0.39, 0.29) is 0 Å². The zero-order valence-electron chi connectivity index (χ0n) is 7.74. The molecule has 0 unspecified atom stereocenters. The van der Waals surface area contributed by atoms with Gasteiger partial charge in [-0.25, -0.2) is 0 Å². The van der Waals surface area contributed by atoms with Gasteiger partial charge in [0.05, 0.1) is 5.02 Å². The Morgan fingerprint density at radius 2 is 2.14 bits per heavy atom. The van der Waals surface area contributed by atoms with Crippen LogP contribution in [0.1, 0.15) is 5.69 Å². The van der Waals surface area contributed by atoms with Crippen molar-refractivity contribution in [1.82, 2.24) is 9.97 Å². The summed E-state index contributed by atoms with van der Waals surface area (Å²) in [6, 6.07) is 5.80. The number of aromatic nitrogens is 2. The van der Waals surface area contributed by atoms with Crippen molar-refractivity contribution < 1.29 is 0 Å². The van der Waals surface area contributed by atoms with Gasteiger partial charge in [-0.3, -0.25) is 9.97 Å². The summed E-state index contributed by atoms with van der Waals surface area (Å²) in [6.45, 7) is 1.96. The highest BCUT2D eigenvalue weighted by Crippen LogP contribution is 2.23. The van der Waals surface area contributed by atoms with E-state index in [1.54, 1.807) is 18.6 Å². The van der Waals surface area contributed by atoms with Crippen LogP contribution < -0.4 is 0 Å². The molecule has 0 saturated carbocycles. The Morgan fingerprint density at radius 3 is 2.86 bits per heavy atom. The van der Waals surface area contributed by atoms with E-state index in [9.17, 15) is 0 Å². The molecule has 0 aliphatic heterocycles. The molecule has 2 nitrogen and oxygen atoms in total. The number of aryl methyl sites for hydroxylation is 1. The van der Waals surface area contributed by atoms with E-state index in [1.165, 1.54) is 0 Å².